The van der Waals surface area contributed by atoms with Crippen molar-refractivity contribution in [3.05, 3.63) is 95.6 Å². The van der Waals surface area contributed by atoms with Crippen LogP contribution in [-0.4, -0.2) is 17.5 Å². The first kappa shape index (κ1) is 24.5. The van der Waals surface area contributed by atoms with Gasteiger partial charge in [-0.1, -0.05) is 79.0 Å². The molecule has 3 aromatic rings. The highest BCUT2D eigenvalue weighted by molar-refractivity contribution is 7.99. The Morgan fingerprint density at radius 2 is 1.55 bits per heavy atom. The predicted octanol–water partition coefficient (Wildman–Crippen LogP) is 7.51. The van der Waals surface area contributed by atoms with Crippen LogP contribution in [0.4, 0.5) is 0 Å². The van der Waals surface area contributed by atoms with Crippen LogP contribution in [0.1, 0.15) is 65.3 Å². The normalized spacial score (nSPS) is 11.3. The molecule has 0 heterocycles. The molecule has 0 unspecified atom stereocenters. The largest absolute Gasteiger partial charge is 0.365 e. The zero-order chi connectivity index (χ0) is 23.5. The van der Waals surface area contributed by atoms with Crippen molar-refractivity contribution in [2.45, 2.75) is 55.7 Å². The van der Waals surface area contributed by atoms with Gasteiger partial charge in [0, 0.05) is 15.4 Å². The van der Waals surface area contributed by atoms with Gasteiger partial charge in [0.2, 0.25) is 5.78 Å². The maximum Gasteiger partial charge on any atom is 0.365 e. The summed E-state index contributed by atoms with van der Waals surface area (Å²) in [5.41, 5.74) is 2.18. The molecule has 0 aliphatic rings. The number of rotatable bonds is 11. The van der Waals surface area contributed by atoms with Crippen LogP contribution in [0, 0.1) is 6.92 Å². The van der Waals surface area contributed by atoms with Gasteiger partial charge in [0.25, 0.3) is 0 Å². The Hall–Kier alpha value is -3.18. The third-order valence-corrected chi connectivity index (χ3v) is 6.13. The highest BCUT2D eigenvalue weighted by Gasteiger charge is 2.17. The molecule has 0 N–H and O–H groups in total. The molecule has 0 aliphatic heterocycles. The second kappa shape index (κ2) is 12.8. The van der Waals surface area contributed by atoms with E-state index in [2.05, 4.69) is 12.1 Å². The number of aryl methyl sites for hydroxylation is 1. The number of benzene rings is 3. The lowest BCUT2D eigenvalue weighted by Gasteiger charge is -2.07. The minimum Gasteiger partial charge on any atom is -0.312 e. The molecule has 33 heavy (non-hydrogen) atoms. The van der Waals surface area contributed by atoms with Gasteiger partial charge in [-0.2, -0.15) is 0 Å². The van der Waals surface area contributed by atoms with Crippen molar-refractivity contribution in [2.24, 2.45) is 5.16 Å². The Kier molecular flexibility index (Phi) is 9.45. The van der Waals surface area contributed by atoms with E-state index in [9.17, 15) is 9.59 Å². The maximum atomic E-state index is 13.2. The molecule has 4 nitrogen and oxygen atoms in total. The molecule has 0 bridgehead atoms. The fourth-order valence-electron chi connectivity index (χ4n) is 3.31. The fraction of sp³-hybridized carbons (Fsp3) is 0.250. The summed E-state index contributed by atoms with van der Waals surface area (Å²) in [4.78, 5) is 32.9. The Balaban J connectivity index is 1.72. The lowest BCUT2D eigenvalue weighted by Crippen LogP contribution is -2.16. The number of Topliss-reactive ketones (excluding diaryl/α,β-unsaturated/α-hetero) is 1. The summed E-state index contributed by atoms with van der Waals surface area (Å²) in [6, 6.07) is 24.7. The molecule has 0 aliphatic carbocycles. The van der Waals surface area contributed by atoms with Crippen molar-refractivity contribution in [3.63, 3.8) is 0 Å². The molecule has 0 aromatic heterocycles. The van der Waals surface area contributed by atoms with Crippen LogP contribution in [0.25, 0.3) is 0 Å². The Morgan fingerprint density at radius 1 is 0.818 bits per heavy atom. The second-order valence-electron chi connectivity index (χ2n) is 7.87. The minimum atomic E-state index is -0.563. The van der Waals surface area contributed by atoms with Crippen molar-refractivity contribution >= 4 is 29.2 Å². The second-order valence-corrected chi connectivity index (χ2v) is 9.01. The highest BCUT2D eigenvalue weighted by Crippen LogP contribution is 2.27. The van der Waals surface area contributed by atoms with Gasteiger partial charge in [-0.25, -0.2) is 4.79 Å². The molecular formula is C28H29NO3S. The van der Waals surface area contributed by atoms with Crippen LogP contribution in [-0.2, 0) is 4.84 Å². The van der Waals surface area contributed by atoms with Crippen LogP contribution in [0.2, 0.25) is 0 Å². The monoisotopic (exact) mass is 459 g/mol. The van der Waals surface area contributed by atoms with E-state index in [0.29, 0.717) is 17.5 Å². The van der Waals surface area contributed by atoms with Crippen LogP contribution in [0.15, 0.2) is 93.8 Å². The lowest BCUT2D eigenvalue weighted by atomic mass is 10.0. The molecule has 5 heteroatoms. The Bertz CT molecular complexity index is 1090. The van der Waals surface area contributed by atoms with Crippen molar-refractivity contribution < 1.29 is 14.4 Å². The van der Waals surface area contributed by atoms with Gasteiger partial charge in [0.15, 0.2) is 0 Å². The zero-order valence-corrected chi connectivity index (χ0v) is 19.9. The number of nitrogens with zero attached hydrogens (tertiary/aromatic N) is 1. The van der Waals surface area contributed by atoms with Crippen LogP contribution in [0.5, 0.6) is 0 Å². The van der Waals surface area contributed by atoms with Crippen molar-refractivity contribution in [2.75, 3.05) is 0 Å². The van der Waals surface area contributed by atoms with E-state index in [1.807, 2.05) is 55.5 Å². The van der Waals surface area contributed by atoms with Gasteiger partial charge in [0.1, 0.15) is 5.71 Å². The van der Waals surface area contributed by atoms with Crippen molar-refractivity contribution in [1.29, 1.82) is 0 Å². The number of ketones is 1. The van der Waals surface area contributed by atoms with Crippen molar-refractivity contribution in [1.82, 2.24) is 0 Å². The molecule has 0 amide bonds. The number of unbranched alkanes of at least 4 members (excludes halogenated alkanes) is 3. The van der Waals surface area contributed by atoms with Gasteiger partial charge >= 0.3 is 5.97 Å². The van der Waals surface area contributed by atoms with E-state index in [1.165, 1.54) is 0 Å². The van der Waals surface area contributed by atoms with Crippen LogP contribution in [0.3, 0.4) is 0 Å². The Labute approximate surface area is 200 Å². The van der Waals surface area contributed by atoms with E-state index in [1.54, 1.807) is 42.1 Å². The SMILES string of the molecule is CCCCCCC(=NOC(=O)c1cccc(C)c1)C(=O)c1ccc(Sc2ccccc2)cc1. The summed E-state index contributed by atoms with van der Waals surface area (Å²) in [6.45, 7) is 4.04. The third kappa shape index (κ3) is 7.72. The summed E-state index contributed by atoms with van der Waals surface area (Å²) in [7, 11) is 0. The van der Waals surface area contributed by atoms with E-state index in [4.69, 9.17) is 4.84 Å². The van der Waals surface area contributed by atoms with E-state index < -0.39 is 5.97 Å². The van der Waals surface area contributed by atoms with E-state index >= 15 is 0 Å². The molecule has 3 aromatic carbocycles. The maximum absolute atomic E-state index is 13.2. The number of hydrogen-bond acceptors (Lipinski definition) is 5. The molecule has 3 rings (SSSR count). The summed E-state index contributed by atoms with van der Waals surface area (Å²) in [5.74, 6) is -0.771. The first-order valence-corrected chi connectivity index (χ1v) is 12.1. The molecule has 0 saturated carbocycles. The number of carbonyl (C=O) groups is 2. The number of hydrogen-bond donors (Lipinski definition) is 0. The van der Waals surface area contributed by atoms with Gasteiger partial charge in [-0.15, -0.1) is 0 Å². The number of oxime groups is 1. The standard InChI is InChI=1S/C28H29NO3S/c1-3-4-5-9-15-26(29-32-28(31)23-12-10-11-21(2)20-23)27(30)22-16-18-25(19-17-22)33-24-13-7-6-8-14-24/h6-8,10-14,16-20H,3-5,9,15H2,1-2H3. The summed E-state index contributed by atoms with van der Waals surface area (Å²) in [6.07, 6.45) is 4.49. The molecule has 0 radical (unpaired) electrons. The zero-order valence-electron chi connectivity index (χ0n) is 19.1. The molecule has 0 atom stereocenters. The topological polar surface area (TPSA) is 55.7 Å². The minimum absolute atomic E-state index is 0.209. The van der Waals surface area contributed by atoms with E-state index in [0.717, 1.165) is 41.0 Å². The lowest BCUT2D eigenvalue weighted by molar-refractivity contribution is 0.0514. The van der Waals surface area contributed by atoms with Crippen LogP contribution < -0.4 is 0 Å². The molecule has 170 valence electrons. The first-order valence-electron chi connectivity index (χ1n) is 11.3. The van der Waals surface area contributed by atoms with Gasteiger partial charge in [-0.3, -0.25) is 4.79 Å². The van der Waals surface area contributed by atoms with Gasteiger partial charge < -0.3 is 4.84 Å². The van der Waals surface area contributed by atoms with Gasteiger partial charge in [0.05, 0.1) is 5.56 Å². The quantitative estimate of drug-likeness (QED) is 0.0978. The summed E-state index contributed by atoms with van der Waals surface area (Å²) >= 11 is 1.64. The highest BCUT2D eigenvalue weighted by atomic mass is 32.2. The van der Waals surface area contributed by atoms with Crippen LogP contribution >= 0.6 is 11.8 Å². The Morgan fingerprint density at radius 3 is 2.24 bits per heavy atom. The first-order chi connectivity index (χ1) is 16.1. The summed E-state index contributed by atoms with van der Waals surface area (Å²) < 4.78 is 0. The summed E-state index contributed by atoms with van der Waals surface area (Å²) in [5, 5.41) is 4.01. The molecule has 0 saturated heterocycles. The fourth-order valence-corrected chi connectivity index (χ4v) is 4.14. The smallest absolute Gasteiger partial charge is 0.312 e. The van der Waals surface area contributed by atoms with Gasteiger partial charge in [-0.05, 0) is 68.3 Å². The molecule has 0 fully saturated rings. The predicted molar refractivity (Wildman–Crippen MR) is 134 cm³/mol. The average molecular weight is 460 g/mol. The number of carbonyl (C=O) groups excluding carboxylic acids is 2. The average Bonchev–Trinajstić information content (AvgIpc) is 2.84. The molecular weight excluding hydrogens is 430 g/mol. The third-order valence-electron chi connectivity index (χ3n) is 5.12. The molecule has 0 spiro atoms. The van der Waals surface area contributed by atoms with Crippen molar-refractivity contribution in [3.8, 4) is 0 Å². The van der Waals surface area contributed by atoms with E-state index in [-0.39, 0.29) is 11.5 Å².